The number of aromatic nitrogens is 3. The lowest BCUT2D eigenvalue weighted by Crippen LogP contribution is -2.45. The van der Waals surface area contributed by atoms with Crippen LogP contribution in [0.5, 0.6) is 0 Å². The molecule has 3 N–H and O–H groups in total. The van der Waals surface area contributed by atoms with Crippen LogP contribution in [0.3, 0.4) is 0 Å². The minimum Gasteiger partial charge on any atom is -0.396 e. The molecule has 0 atom stereocenters. The second-order valence-corrected chi connectivity index (χ2v) is 11.6. The average molecular weight is 689 g/mol. The van der Waals surface area contributed by atoms with Crippen molar-refractivity contribution in [3.05, 3.63) is 80.4 Å². The summed E-state index contributed by atoms with van der Waals surface area (Å²) in [6.07, 6.45) is 4.79. The molecule has 3 aliphatic heterocycles. The normalized spacial score (nSPS) is 16.8. The maximum Gasteiger partial charge on any atom is 0.311 e. The van der Waals surface area contributed by atoms with Crippen LogP contribution in [-0.4, -0.2) is 139 Å². The Morgan fingerprint density at radius 3 is 1.50 bits per heavy atom. The van der Waals surface area contributed by atoms with Gasteiger partial charge in [0.1, 0.15) is 0 Å². The van der Waals surface area contributed by atoms with Crippen LogP contribution in [0.2, 0.25) is 5.15 Å². The summed E-state index contributed by atoms with van der Waals surface area (Å²) in [5.74, 6) is 1.42. The van der Waals surface area contributed by atoms with Crippen LogP contribution in [-0.2, 0) is 0 Å². The van der Waals surface area contributed by atoms with E-state index in [-0.39, 0.29) is 28.9 Å². The number of piperazine rings is 3. The third-order valence-electron chi connectivity index (χ3n) is 7.66. The SMILES string of the molecule is C.CN1CCN(c2ncccc2N)CC1.CN1CCN(c2ncccc2[N+](=O)[O-])CC1.CN1CCNCC1.O=[N+]([O-])c1cccnc1Cl. The molecule has 3 aromatic heterocycles. The van der Waals surface area contributed by atoms with Crippen LogP contribution in [0.15, 0.2) is 55.0 Å². The predicted octanol–water partition coefficient (Wildman–Crippen LogP) is 2.96. The summed E-state index contributed by atoms with van der Waals surface area (Å²) in [5.41, 5.74) is 6.57. The Hall–Kier alpha value is -4.22. The topological polar surface area (TPSA) is 179 Å². The molecule has 0 aromatic carbocycles. The van der Waals surface area contributed by atoms with E-state index in [0.29, 0.717) is 5.82 Å². The van der Waals surface area contributed by atoms with E-state index in [1.807, 2.05) is 24.1 Å². The molecule has 3 saturated heterocycles. The summed E-state index contributed by atoms with van der Waals surface area (Å²) in [4.78, 5) is 43.0. The van der Waals surface area contributed by atoms with Gasteiger partial charge in [0, 0.05) is 109 Å². The third kappa shape index (κ3) is 13.1. The van der Waals surface area contributed by atoms with E-state index in [2.05, 4.69) is 54.0 Å². The van der Waals surface area contributed by atoms with Gasteiger partial charge in [0.05, 0.1) is 15.5 Å². The Morgan fingerprint density at radius 2 is 1.08 bits per heavy atom. The fourth-order valence-electron chi connectivity index (χ4n) is 4.78. The standard InChI is InChI=1S/C10H14N4O2.C10H16N4.C5H3ClN2O2.C5H12N2.CH4/c1-12-5-7-13(8-6-12)10-9(14(15)16)3-2-4-11-10;1-13-5-7-14(8-6-13)10-9(11)3-2-4-12-10;6-5-4(8(9)10)2-1-3-7-5;1-7-4-2-6-3-5-7;/h2-4H,5-8H2,1H3;2-4H,5-8,11H2,1H3;1-3H;6H,2-5H2,1H3;1H4. The molecule has 0 saturated carbocycles. The third-order valence-corrected chi connectivity index (χ3v) is 7.95. The first-order valence-corrected chi connectivity index (χ1v) is 15.8. The number of likely N-dealkylation sites (N-methyl/N-ethyl adjacent to an activating group) is 3. The van der Waals surface area contributed by atoms with Gasteiger partial charge in [-0.05, 0) is 45.4 Å². The molecule has 16 nitrogen and oxygen atoms in total. The largest absolute Gasteiger partial charge is 0.396 e. The number of halogens is 1. The van der Waals surface area contributed by atoms with E-state index in [0.717, 1.165) is 77.0 Å². The average Bonchev–Trinajstić information content (AvgIpc) is 3.07. The molecule has 0 radical (unpaired) electrons. The van der Waals surface area contributed by atoms with Crippen LogP contribution in [0.4, 0.5) is 28.7 Å². The number of anilines is 3. The smallest absolute Gasteiger partial charge is 0.311 e. The van der Waals surface area contributed by atoms with Gasteiger partial charge < -0.3 is 35.6 Å². The van der Waals surface area contributed by atoms with Gasteiger partial charge >= 0.3 is 11.4 Å². The van der Waals surface area contributed by atoms with E-state index in [4.69, 9.17) is 17.3 Å². The van der Waals surface area contributed by atoms with Crippen LogP contribution >= 0.6 is 11.6 Å². The highest BCUT2D eigenvalue weighted by molar-refractivity contribution is 6.31. The number of hydrogen-bond acceptors (Lipinski definition) is 14. The molecule has 6 rings (SSSR count). The lowest BCUT2D eigenvalue weighted by atomic mass is 10.3. The minimum absolute atomic E-state index is 0. The maximum atomic E-state index is 10.9. The molecule has 17 heteroatoms. The van der Waals surface area contributed by atoms with Crippen molar-refractivity contribution in [2.24, 2.45) is 0 Å². The van der Waals surface area contributed by atoms with Crippen LogP contribution in [0, 0.1) is 20.2 Å². The van der Waals surface area contributed by atoms with E-state index < -0.39 is 4.92 Å². The Bertz CT molecular complexity index is 1400. The summed E-state index contributed by atoms with van der Waals surface area (Å²) in [5, 5.41) is 24.2. The molecule has 3 aromatic rings. The lowest BCUT2D eigenvalue weighted by molar-refractivity contribution is -0.385. The molecule has 3 fully saturated rings. The van der Waals surface area contributed by atoms with Crippen molar-refractivity contribution in [1.82, 2.24) is 35.0 Å². The number of hydrogen-bond donors (Lipinski definition) is 2. The second kappa shape index (κ2) is 20.9. The van der Waals surface area contributed by atoms with Gasteiger partial charge in [-0.1, -0.05) is 19.0 Å². The predicted molar refractivity (Wildman–Crippen MR) is 192 cm³/mol. The highest BCUT2D eigenvalue weighted by Gasteiger charge is 2.23. The Morgan fingerprint density at radius 1 is 0.667 bits per heavy atom. The Labute approximate surface area is 287 Å². The first-order chi connectivity index (χ1) is 22.6. The summed E-state index contributed by atoms with van der Waals surface area (Å²) in [6, 6.07) is 9.63. The van der Waals surface area contributed by atoms with Crippen molar-refractivity contribution in [2.45, 2.75) is 7.43 Å². The van der Waals surface area contributed by atoms with Gasteiger partial charge in [-0.3, -0.25) is 20.2 Å². The van der Waals surface area contributed by atoms with Crippen LogP contribution < -0.4 is 20.9 Å². The zero-order chi connectivity index (χ0) is 34.2. The number of nitro groups is 2. The molecule has 264 valence electrons. The molecule has 0 amide bonds. The molecule has 6 heterocycles. The monoisotopic (exact) mass is 688 g/mol. The highest BCUT2D eigenvalue weighted by Crippen LogP contribution is 2.25. The lowest BCUT2D eigenvalue weighted by Gasteiger charge is -2.33. The molecular weight excluding hydrogens is 640 g/mol. The molecule has 0 bridgehead atoms. The molecule has 0 unspecified atom stereocenters. The van der Waals surface area contributed by atoms with Gasteiger partial charge in [-0.15, -0.1) is 0 Å². The summed E-state index contributed by atoms with van der Waals surface area (Å²) in [7, 11) is 6.34. The number of rotatable bonds is 4. The molecule has 0 aliphatic carbocycles. The number of nitrogens with zero attached hydrogens (tertiary/aromatic N) is 10. The van der Waals surface area contributed by atoms with Crippen molar-refractivity contribution in [1.29, 1.82) is 0 Å². The van der Waals surface area contributed by atoms with Gasteiger partial charge in [-0.2, -0.15) is 0 Å². The van der Waals surface area contributed by atoms with Crippen LogP contribution in [0.1, 0.15) is 7.43 Å². The van der Waals surface area contributed by atoms with Crippen LogP contribution in [0.25, 0.3) is 0 Å². The summed E-state index contributed by atoms with van der Waals surface area (Å²) in [6.45, 7) is 12.3. The van der Waals surface area contributed by atoms with Crippen molar-refractivity contribution in [3.8, 4) is 0 Å². The number of nitrogens with two attached hydrogens (primary N) is 1. The van der Waals surface area contributed by atoms with Gasteiger partial charge in [0.2, 0.25) is 11.0 Å². The maximum absolute atomic E-state index is 10.9. The zero-order valence-corrected chi connectivity index (χ0v) is 28.0. The van der Waals surface area contributed by atoms with Crippen molar-refractivity contribution >= 4 is 40.3 Å². The number of pyridine rings is 3. The second-order valence-electron chi connectivity index (χ2n) is 11.2. The molecule has 0 spiro atoms. The molecule has 3 aliphatic rings. The van der Waals surface area contributed by atoms with Crippen molar-refractivity contribution in [3.63, 3.8) is 0 Å². The first-order valence-electron chi connectivity index (χ1n) is 15.4. The molecular formula is C31H49ClN12O4. The van der Waals surface area contributed by atoms with Crippen molar-refractivity contribution in [2.75, 3.05) is 115 Å². The highest BCUT2D eigenvalue weighted by atomic mass is 35.5. The molecule has 48 heavy (non-hydrogen) atoms. The zero-order valence-electron chi connectivity index (χ0n) is 27.2. The fourth-order valence-corrected chi connectivity index (χ4v) is 4.96. The van der Waals surface area contributed by atoms with Gasteiger partial charge in [0.25, 0.3) is 0 Å². The first kappa shape index (κ1) is 40.0. The number of nitrogen functional groups attached to an aromatic ring is 1. The number of nitrogens with one attached hydrogen (secondary N) is 1. The summed E-state index contributed by atoms with van der Waals surface area (Å²) >= 11 is 5.37. The Kier molecular flexibility index (Phi) is 17.4. The minimum atomic E-state index is -0.574. The van der Waals surface area contributed by atoms with E-state index in [1.165, 1.54) is 37.5 Å². The van der Waals surface area contributed by atoms with Crippen molar-refractivity contribution < 1.29 is 9.85 Å². The van der Waals surface area contributed by atoms with E-state index >= 15 is 0 Å². The summed E-state index contributed by atoms with van der Waals surface area (Å²) < 4.78 is 0. The fraction of sp³-hybridized carbons (Fsp3) is 0.516. The van der Waals surface area contributed by atoms with Gasteiger partial charge in [0.15, 0.2) is 5.82 Å². The Balaban J connectivity index is 0.000000230. The van der Waals surface area contributed by atoms with E-state index in [1.54, 1.807) is 18.5 Å². The quantitative estimate of drug-likeness (QED) is 0.232. The van der Waals surface area contributed by atoms with Gasteiger partial charge in [-0.25, -0.2) is 15.0 Å². The van der Waals surface area contributed by atoms with E-state index in [9.17, 15) is 20.2 Å².